The highest BCUT2D eigenvalue weighted by atomic mass is 32.1. The maximum atomic E-state index is 10.7. The highest BCUT2D eigenvalue weighted by Crippen LogP contribution is 2.21. The van der Waals surface area contributed by atoms with Crippen LogP contribution in [0.3, 0.4) is 0 Å². The molecule has 0 amide bonds. The van der Waals surface area contributed by atoms with Crippen LogP contribution in [-0.4, -0.2) is 23.0 Å². The quantitative estimate of drug-likeness (QED) is 0.444. The van der Waals surface area contributed by atoms with Crippen LogP contribution in [0.1, 0.15) is 11.4 Å². The first kappa shape index (κ1) is 11.3. The van der Waals surface area contributed by atoms with Crippen LogP contribution in [0.2, 0.25) is 0 Å². The number of esters is 1. The Morgan fingerprint density at radius 2 is 2.53 bits per heavy atom. The molecule has 0 bridgehead atoms. The van der Waals surface area contributed by atoms with Crippen molar-refractivity contribution in [2.24, 2.45) is 0 Å². The summed E-state index contributed by atoms with van der Waals surface area (Å²) in [5.41, 5.74) is 0. The standard InChI is InChI=1S/C8H8N2O4S/c1-14-8(11)4-2-3-6-9-5-7(15-6)10(12)13/h2-3,5H,4H2,1H3. The normalized spacial score (nSPS) is 10.5. The van der Waals surface area contributed by atoms with Crippen LogP contribution in [0.15, 0.2) is 12.3 Å². The Morgan fingerprint density at radius 1 is 1.80 bits per heavy atom. The number of hydrogen-bond acceptors (Lipinski definition) is 6. The first-order valence-electron chi connectivity index (χ1n) is 3.97. The fraction of sp³-hybridized carbons (Fsp3) is 0.250. The van der Waals surface area contributed by atoms with Gasteiger partial charge in [-0.3, -0.25) is 14.9 Å². The summed E-state index contributed by atoms with van der Waals surface area (Å²) in [6, 6.07) is 0. The molecule has 0 saturated carbocycles. The molecular weight excluding hydrogens is 220 g/mol. The highest BCUT2D eigenvalue weighted by molar-refractivity contribution is 7.15. The van der Waals surface area contributed by atoms with E-state index in [2.05, 4.69) is 9.72 Å². The fourth-order valence-corrected chi connectivity index (χ4v) is 1.44. The summed E-state index contributed by atoms with van der Waals surface area (Å²) >= 11 is 0.951. The lowest BCUT2D eigenvalue weighted by molar-refractivity contribution is -0.380. The molecule has 80 valence electrons. The molecule has 0 aromatic carbocycles. The monoisotopic (exact) mass is 228 g/mol. The number of thiazole rings is 1. The third-order valence-corrected chi connectivity index (χ3v) is 2.38. The van der Waals surface area contributed by atoms with Gasteiger partial charge in [0.2, 0.25) is 0 Å². The summed E-state index contributed by atoms with van der Waals surface area (Å²) in [5.74, 6) is -0.364. The Kier molecular flexibility index (Phi) is 3.92. The van der Waals surface area contributed by atoms with Gasteiger partial charge in [0, 0.05) is 0 Å². The number of nitro groups is 1. The SMILES string of the molecule is COC(=O)CC=Cc1ncc([N+](=O)[O-])s1. The van der Waals surface area contributed by atoms with Crippen molar-refractivity contribution in [3.8, 4) is 0 Å². The van der Waals surface area contributed by atoms with Crippen molar-refractivity contribution in [2.45, 2.75) is 6.42 Å². The molecule has 1 rings (SSSR count). The predicted octanol–water partition coefficient (Wildman–Crippen LogP) is 1.63. The van der Waals surface area contributed by atoms with Gasteiger partial charge in [0.1, 0.15) is 11.2 Å². The molecule has 6 nitrogen and oxygen atoms in total. The van der Waals surface area contributed by atoms with Gasteiger partial charge in [0.25, 0.3) is 0 Å². The minimum atomic E-state index is -0.505. The van der Waals surface area contributed by atoms with Crippen molar-refractivity contribution in [1.29, 1.82) is 0 Å². The van der Waals surface area contributed by atoms with Gasteiger partial charge in [0.15, 0.2) is 0 Å². The van der Waals surface area contributed by atoms with E-state index in [9.17, 15) is 14.9 Å². The minimum Gasteiger partial charge on any atom is -0.469 e. The maximum Gasteiger partial charge on any atom is 0.344 e. The van der Waals surface area contributed by atoms with Gasteiger partial charge in [-0.15, -0.1) is 0 Å². The van der Waals surface area contributed by atoms with E-state index in [0.29, 0.717) is 5.01 Å². The Balaban J connectivity index is 2.57. The van der Waals surface area contributed by atoms with E-state index in [1.165, 1.54) is 13.3 Å². The minimum absolute atomic E-state index is 0.0206. The van der Waals surface area contributed by atoms with Crippen LogP contribution >= 0.6 is 11.3 Å². The summed E-state index contributed by atoms with van der Waals surface area (Å²) in [7, 11) is 1.30. The number of hydrogen-bond donors (Lipinski definition) is 0. The molecule has 0 fully saturated rings. The van der Waals surface area contributed by atoms with Crippen LogP contribution in [0.5, 0.6) is 0 Å². The van der Waals surface area contributed by atoms with Gasteiger partial charge in [0.05, 0.1) is 18.5 Å². The Bertz CT molecular complexity index is 399. The molecule has 0 aliphatic heterocycles. The Morgan fingerprint density at radius 3 is 3.07 bits per heavy atom. The molecule has 0 aliphatic rings. The molecule has 0 radical (unpaired) electrons. The number of nitrogens with zero attached hydrogens (tertiary/aromatic N) is 2. The van der Waals surface area contributed by atoms with Crippen molar-refractivity contribution in [1.82, 2.24) is 4.98 Å². The van der Waals surface area contributed by atoms with Crippen molar-refractivity contribution >= 4 is 28.4 Å². The molecule has 1 heterocycles. The lowest BCUT2D eigenvalue weighted by Gasteiger charge is -1.90. The zero-order valence-corrected chi connectivity index (χ0v) is 8.69. The highest BCUT2D eigenvalue weighted by Gasteiger charge is 2.09. The van der Waals surface area contributed by atoms with E-state index in [1.54, 1.807) is 12.2 Å². The van der Waals surface area contributed by atoms with Crippen LogP contribution in [0.25, 0.3) is 6.08 Å². The second-order valence-corrected chi connectivity index (χ2v) is 3.52. The fourth-order valence-electron chi connectivity index (χ4n) is 0.779. The van der Waals surface area contributed by atoms with Crippen molar-refractivity contribution in [3.63, 3.8) is 0 Å². The van der Waals surface area contributed by atoms with Gasteiger partial charge in [-0.25, -0.2) is 4.98 Å². The Labute approximate surface area is 89.4 Å². The van der Waals surface area contributed by atoms with Crippen LogP contribution in [0, 0.1) is 10.1 Å². The summed E-state index contributed by atoms with van der Waals surface area (Å²) in [4.78, 5) is 24.3. The smallest absolute Gasteiger partial charge is 0.344 e. The van der Waals surface area contributed by atoms with Crippen LogP contribution < -0.4 is 0 Å². The molecule has 0 N–H and O–H groups in total. The average Bonchev–Trinajstić information content (AvgIpc) is 2.66. The van der Waals surface area contributed by atoms with Gasteiger partial charge >= 0.3 is 11.0 Å². The third kappa shape index (κ3) is 3.47. The lowest BCUT2D eigenvalue weighted by atomic mass is 10.4. The van der Waals surface area contributed by atoms with E-state index in [-0.39, 0.29) is 17.4 Å². The van der Waals surface area contributed by atoms with E-state index in [4.69, 9.17) is 0 Å². The number of rotatable bonds is 4. The number of ether oxygens (including phenoxy) is 1. The molecule has 1 aromatic rings. The first-order valence-corrected chi connectivity index (χ1v) is 4.78. The summed E-state index contributed by atoms with van der Waals surface area (Å²) in [6.07, 6.45) is 4.41. The van der Waals surface area contributed by atoms with E-state index >= 15 is 0 Å². The van der Waals surface area contributed by atoms with E-state index in [0.717, 1.165) is 11.3 Å². The van der Waals surface area contributed by atoms with Gasteiger partial charge in [-0.2, -0.15) is 0 Å². The average molecular weight is 228 g/mol. The number of carbonyl (C=O) groups excluding carboxylic acids is 1. The van der Waals surface area contributed by atoms with Crippen LogP contribution in [-0.2, 0) is 9.53 Å². The summed E-state index contributed by atoms with van der Waals surface area (Å²) in [5, 5.41) is 10.8. The van der Waals surface area contributed by atoms with Gasteiger partial charge in [-0.1, -0.05) is 6.08 Å². The molecule has 7 heteroatoms. The lowest BCUT2D eigenvalue weighted by Crippen LogP contribution is -1.96. The maximum absolute atomic E-state index is 10.7. The molecule has 0 atom stereocenters. The van der Waals surface area contributed by atoms with E-state index < -0.39 is 4.92 Å². The van der Waals surface area contributed by atoms with Crippen LogP contribution in [0.4, 0.5) is 5.00 Å². The molecule has 0 spiro atoms. The zero-order valence-electron chi connectivity index (χ0n) is 7.87. The van der Waals surface area contributed by atoms with Gasteiger partial charge in [-0.05, 0) is 17.4 Å². The number of aromatic nitrogens is 1. The number of carbonyl (C=O) groups is 1. The second-order valence-electron chi connectivity index (χ2n) is 2.48. The zero-order chi connectivity index (χ0) is 11.3. The molecule has 0 aliphatic carbocycles. The molecule has 15 heavy (non-hydrogen) atoms. The van der Waals surface area contributed by atoms with Crippen molar-refractivity contribution < 1.29 is 14.5 Å². The summed E-state index contributed by atoms with van der Waals surface area (Å²) in [6.45, 7) is 0. The van der Waals surface area contributed by atoms with E-state index in [1.807, 2.05) is 0 Å². The Hall–Kier alpha value is -1.76. The third-order valence-electron chi connectivity index (χ3n) is 1.46. The largest absolute Gasteiger partial charge is 0.469 e. The molecule has 0 unspecified atom stereocenters. The topological polar surface area (TPSA) is 82.3 Å². The van der Waals surface area contributed by atoms with Crippen molar-refractivity contribution in [3.05, 3.63) is 27.4 Å². The van der Waals surface area contributed by atoms with Gasteiger partial charge < -0.3 is 4.74 Å². The van der Waals surface area contributed by atoms with Crippen molar-refractivity contribution in [2.75, 3.05) is 7.11 Å². The predicted molar refractivity (Wildman–Crippen MR) is 54.4 cm³/mol. The summed E-state index contributed by atoms with van der Waals surface area (Å²) < 4.78 is 4.42. The first-order chi connectivity index (χ1) is 7.13. The molecular formula is C8H8N2O4S. The number of methoxy groups -OCH3 is 1. The second kappa shape index (κ2) is 5.20. The molecule has 1 aromatic heterocycles. The molecule has 0 saturated heterocycles.